The van der Waals surface area contributed by atoms with Crippen LogP contribution in [0.2, 0.25) is 0 Å². The van der Waals surface area contributed by atoms with Crippen molar-refractivity contribution in [1.29, 1.82) is 0 Å². The van der Waals surface area contributed by atoms with E-state index in [1.807, 2.05) is 42.1 Å². The van der Waals surface area contributed by atoms with Gasteiger partial charge in [-0.3, -0.25) is 4.79 Å². The van der Waals surface area contributed by atoms with Crippen molar-refractivity contribution in [1.82, 2.24) is 9.78 Å². The quantitative estimate of drug-likeness (QED) is 0.942. The molecule has 1 amide bonds. The molecule has 5 heteroatoms. The predicted molar refractivity (Wildman–Crippen MR) is 85.3 cm³/mol. The summed E-state index contributed by atoms with van der Waals surface area (Å²) in [5, 5.41) is 7.39. The van der Waals surface area contributed by atoms with Gasteiger partial charge >= 0.3 is 0 Å². The largest absolute Gasteiger partial charge is 0.494 e. The summed E-state index contributed by atoms with van der Waals surface area (Å²) in [6.07, 6.45) is 2.32. The first-order valence-electron chi connectivity index (χ1n) is 7.70. The van der Waals surface area contributed by atoms with E-state index in [0.29, 0.717) is 13.0 Å². The van der Waals surface area contributed by atoms with Gasteiger partial charge in [0.25, 0.3) is 0 Å². The van der Waals surface area contributed by atoms with Gasteiger partial charge < -0.3 is 10.1 Å². The van der Waals surface area contributed by atoms with E-state index in [9.17, 15) is 4.79 Å². The van der Waals surface area contributed by atoms with Crippen LogP contribution >= 0.6 is 0 Å². The second kappa shape index (κ2) is 5.83. The molecule has 2 heterocycles. The van der Waals surface area contributed by atoms with Crippen molar-refractivity contribution in [2.75, 3.05) is 11.9 Å². The normalized spacial score (nSPS) is 17.3. The Morgan fingerprint density at radius 3 is 2.73 bits per heavy atom. The minimum absolute atomic E-state index is 0.0359. The van der Waals surface area contributed by atoms with Crippen molar-refractivity contribution < 1.29 is 9.53 Å². The zero-order valence-electron chi connectivity index (χ0n) is 13.2. The van der Waals surface area contributed by atoms with Gasteiger partial charge in [0.2, 0.25) is 5.91 Å². The summed E-state index contributed by atoms with van der Waals surface area (Å²) in [4.78, 5) is 12.1. The topological polar surface area (TPSA) is 56.1 Å². The monoisotopic (exact) mass is 299 g/mol. The molecular weight excluding hydrogens is 278 g/mol. The van der Waals surface area contributed by atoms with Crippen molar-refractivity contribution in [2.24, 2.45) is 0 Å². The molecule has 0 bridgehead atoms. The molecule has 1 aromatic heterocycles. The molecule has 1 aliphatic rings. The molecule has 5 nitrogen and oxygen atoms in total. The van der Waals surface area contributed by atoms with Crippen LogP contribution in [-0.2, 0) is 4.79 Å². The van der Waals surface area contributed by atoms with Crippen LogP contribution in [0.4, 0.5) is 5.82 Å². The zero-order chi connectivity index (χ0) is 15.7. The second-order valence-corrected chi connectivity index (χ2v) is 5.79. The lowest BCUT2D eigenvalue weighted by Gasteiger charge is -2.24. The number of carbonyl (C=O) groups is 1. The molecular formula is C17H21N3O2. The Bertz CT molecular complexity index is 674. The number of benzene rings is 1. The van der Waals surface area contributed by atoms with E-state index >= 15 is 0 Å². The van der Waals surface area contributed by atoms with Gasteiger partial charge in [-0.2, -0.15) is 5.10 Å². The molecule has 0 radical (unpaired) electrons. The first-order valence-corrected chi connectivity index (χ1v) is 7.70. The van der Waals surface area contributed by atoms with Crippen molar-refractivity contribution in [3.05, 3.63) is 41.6 Å². The second-order valence-electron chi connectivity index (χ2n) is 5.79. The van der Waals surface area contributed by atoms with E-state index in [-0.39, 0.29) is 17.9 Å². The number of aromatic nitrogens is 2. The summed E-state index contributed by atoms with van der Waals surface area (Å²) in [5.41, 5.74) is 2.19. The molecule has 116 valence electrons. The van der Waals surface area contributed by atoms with E-state index in [1.165, 1.54) is 0 Å². The number of rotatable bonds is 4. The molecule has 1 atom stereocenters. The van der Waals surface area contributed by atoms with Gasteiger partial charge in [0.1, 0.15) is 11.6 Å². The number of nitrogens with zero attached hydrogens (tertiary/aromatic N) is 2. The summed E-state index contributed by atoms with van der Waals surface area (Å²) in [6, 6.07) is 8.19. The lowest BCUT2D eigenvalue weighted by atomic mass is 9.87. The van der Waals surface area contributed by atoms with Crippen LogP contribution in [0.3, 0.4) is 0 Å². The van der Waals surface area contributed by atoms with Crippen LogP contribution in [0, 0.1) is 0 Å². The number of ether oxygens (including phenoxy) is 1. The molecule has 1 aromatic carbocycles. The molecule has 2 aromatic rings. The van der Waals surface area contributed by atoms with Crippen LogP contribution in [0.15, 0.2) is 30.5 Å². The average molecular weight is 299 g/mol. The minimum atomic E-state index is 0.0359. The third kappa shape index (κ3) is 2.58. The SMILES string of the molecule is CCOc1ccc([C@@H]2CC(=O)Nc3c2cnn3C(C)C)cc1. The molecule has 1 N–H and O–H groups in total. The van der Waals surface area contributed by atoms with Gasteiger partial charge in [0, 0.05) is 23.9 Å². The highest BCUT2D eigenvalue weighted by atomic mass is 16.5. The molecule has 0 saturated heterocycles. The maximum atomic E-state index is 12.1. The first kappa shape index (κ1) is 14.6. The van der Waals surface area contributed by atoms with Crippen LogP contribution in [0.25, 0.3) is 0 Å². The van der Waals surface area contributed by atoms with Gasteiger partial charge in [0.15, 0.2) is 0 Å². The molecule has 22 heavy (non-hydrogen) atoms. The molecule has 0 saturated carbocycles. The van der Waals surface area contributed by atoms with Crippen LogP contribution in [0.1, 0.15) is 50.3 Å². The van der Waals surface area contributed by atoms with Crippen molar-refractivity contribution in [3.63, 3.8) is 0 Å². The highest BCUT2D eigenvalue weighted by molar-refractivity contribution is 5.94. The summed E-state index contributed by atoms with van der Waals surface area (Å²) >= 11 is 0. The highest BCUT2D eigenvalue weighted by Crippen LogP contribution is 2.38. The Morgan fingerprint density at radius 1 is 1.36 bits per heavy atom. The number of nitrogens with one attached hydrogen (secondary N) is 1. The van der Waals surface area contributed by atoms with Gasteiger partial charge in [-0.05, 0) is 38.5 Å². The predicted octanol–water partition coefficient (Wildman–Crippen LogP) is 3.34. The fraction of sp³-hybridized carbons (Fsp3) is 0.412. The van der Waals surface area contributed by atoms with Crippen molar-refractivity contribution in [2.45, 2.75) is 39.2 Å². The maximum absolute atomic E-state index is 12.1. The third-order valence-corrected chi connectivity index (χ3v) is 3.93. The summed E-state index contributed by atoms with van der Waals surface area (Å²) < 4.78 is 7.35. The smallest absolute Gasteiger partial charge is 0.226 e. The number of hydrogen-bond donors (Lipinski definition) is 1. The molecule has 0 unspecified atom stereocenters. The van der Waals surface area contributed by atoms with Crippen molar-refractivity contribution >= 4 is 11.7 Å². The van der Waals surface area contributed by atoms with Crippen LogP contribution in [-0.4, -0.2) is 22.3 Å². The van der Waals surface area contributed by atoms with E-state index in [0.717, 1.165) is 22.7 Å². The summed E-state index contributed by atoms with van der Waals surface area (Å²) in [6.45, 7) is 6.72. The Balaban J connectivity index is 1.96. The Hall–Kier alpha value is -2.30. The van der Waals surface area contributed by atoms with Crippen molar-refractivity contribution in [3.8, 4) is 5.75 Å². The zero-order valence-corrected chi connectivity index (χ0v) is 13.2. The number of hydrogen-bond acceptors (Lipinski definition) is 3. The maximum Gasteiger partial charge on any atom is 0.226 e. The fourth-order valence-corrected chi connectivity index (χ4v) is 2.89. The molecule has 0 spiro atoms. The van der Waals surface area contributed by atoms with Gasteiger partial charge in [-0.15, -0.1) is 0 Å². The number of amides is 1. The standard InChI is InChI=1S/C17H21N3O2/c1-4-22-13-7-5-12(6-8-13)14-9-16(21)19-17-15(14)10-18-20(17)11(2)3/h5-8,10-11,14H,4,9H2,1-3H3,(H,19,21)/t14-/m0/s1. The molecule has 0 fully saturated rings. The highest BCUT2D eigenvalue weighted by Gasteiger charge is 2.30. The third-order valence-electron chi connectivity index (χ3n) is 3.93. The number of fused-ring (bicyclic) bond motifs is 1. The number of anilines is 1. The molecule has 1 aliphatic heterocycles. The van der Waals surface area contributed by atoms with Crippen LogP contribution in [0.5, 0.6) is 5.75 Å². The number of carbonyl (C=O) groups excluding carboxylic acids is 1. The Labute approximate surface area is 130 Å². The first-order chi connectivity index (χ1) is 10.6. The molecule has 0 aliphatic carbocycles. The fourth-order valence-electron chi connectivity index (χ4n) is 2.89. The van der Waals surface area contributed by atoms with E-state index in [1.54, 1.807) is 0 Å². The van der Waals surface area contributed by atoms with Gasteiger partial charge in [0.05, 0.1) is 12.8 Å². The van der Waals surface area contributed by atoms with E-state index < -0.39 is 0 Å². The average Bonchev–Trinajstić information content (AvgIpc) is 2.91. The minimum Gasteiger partial charge on any atom is -0.494 e. The van der Waals surface area contributed by atoms with E-state index in [4.69, 9.17) is 4.74 Å². The van der Waals surface area contributed by atoms with Gasteiger partial charge in [-0.25, -0.2) is 4.68 Å². The summed E-state index contributed by atoms with van der Waals surface area (Å²) in [5.74, 6) is 1.76. The lowest BCUT2D eigenvalue weighted by Crippen LogP contribution is -2.25. The molecule has 3 rings (SSSR count). The van der Waals surface area contributed by atoms with Crippen LogP contribution < -0.4 is 10.1 Å². The summed E-state index contributed by atoms with van der Waals surface area (Å²) in [7, 11) is 0. The van der Waals surface area contributed by atoms with Gasteiger partial charge in [-0.1, -0.05) is 12.1 Å². The van der Waals surface area contributed by atoms with E-state index in [2.05, 4.69) is 24.3 Å². The lowest BCUT2D eigenvalue weighted by molar-refractivity contribution is -0.116. The Kier molecular flexibility index (Phi) is 3.88. The Morgan fingerprint density at radius 2 is 2.09 bits per heavy atom.